The van der Waals surface area contributed by atoms with Gasteiger partial charge in [0.1, 0.15) is 5.82 Å². The van der Waals surface area contributed by atoms with Crippen molar-refractivity contribution in [1.82, 2.24) is 19.8 Å². The van der Waals surface area contributed by atoms with E-state index < -0.39 is 0 Å². The number of aromatic amines is 1. The number of imidazole rings is 1. The molecule has 0 spiro atoms. The summed E-state index contributed by atoms with van der Waals surface area (Å²) in [6, 6.07) is 6.72. The smallest absolute Gasteiger partial charge is 0.254 e. The summed E-state index contributed by atoms with van der Waals surface area (Å²) in [5.41, 5.74) is 9.17. The number of likely N-dealkylation sites (tertiary alicyclic amines) is 1. The maximum absolute atomic E-state index is 13.8. The molecule has 2 fully saturated rings. The summed E-state index contributed by atoms with van der Waals surface area (Å²) < 4.78 is 0. The highest BCUT2D eigenvalue weighted by molar-refractivity contribution is 5.97. The highest BCUT2D eigenvalue weighted by Gasteiger charge is 2.30. The highest BCUT2D eigenvalue weighted by atomic mass is 16.2. The summed E-state index contributed by atoms with van der Waals surface area (Å²) in [6.07, 6.45) is 13.7. The first-order chi connectivity index (χ1) is 18.5. The van der Waals surface area contributed by atoms with E-state index in [2.05, 4.69) is 53.0 Å². The maximum Gasteiger partial charge on any atom is 0.254 e. The number of rotatable bonds is 4. The second-order valence-corrected chi connectivity index (χ2v) is 11.8. The second-order valence-electron chi connectivity index (χ2n) is 11.8. The Labute approximate surface area is 226 Å². The summed E-state index contributed by atoms with van der Waals surface area (Å²) >= 11 is 0. The molecule has 6 rings (SSSR count). The van der Waals surface area contributed by atoms with E-state index in [4.69, 9.17) is 10.2 Å². The van der Waals surface area contributed by atoms with Crippen molar-refractivity contribution in [2.75, 3.05) is 33.2 Å². The van der Waals surface area contributed by atoms with Gasteiger partial charge in [0.05, 0.1) is 11.8 Å². The van der Waals surface area contributed by atoms with Crippen LogP contribution in [0, 0.1) is 24.2 Å². The molecular weight excluding hydrogens is 470 g/mol. The lowest BCUT2D eigenvalue weighted by atomic mass is 9.77. The first kappa shape index (κ1) is 25.1. The summed E-state index contributed by atoms with van der Waals surface area (Å²) in [5.74, 6) is 2.19. The molecule has 6 heteroatoms. The molecule has 2 aliphatic carbocycles. The fraction of sp³-hybridized carbons (Fsp3) is 0.531. The number of likely N-dealkylation sites (N-methyl/N-ethyl adjacent to an activating group) is 1. The molecule has 0 atom stereocenters. The van der Waals surface area contributed by atoms with Crippen molar-refractivity contribution in [3.05, 3.63) is 63.5 Å². The first-order valence-corrected chi connectivity index (χ1v) is 14.5. The molecule has 3 heterocycles. The van der Waals surface area contributed by atoms with Crippen molar-refractivity contribution in [3.63, 3.8) is 0 Å². The lowest BCUT2D eigenvalue weighted by molar-refractivity contribution is 0.0700. The topological polar surface area (TPSA) is 76.0 Å². The van der Waals surface area contributed by atoms with Gasteiger partial charge < -0.3 is 14.8 Å². The van der Waals surface area contributed by atoms with Crippen molar-refractivity contribution in [3.8, 4) is 17.5 Å². The number of H-pyrrole nitrogens is 1. The van der Waals surface area contributed by atoms with Crippen LogP contribution in [0.3, 0.4) is 0 Å². The van der Waals surface area contributed by atoms with E-state index in [1.807, 2.05) is 6.08 Å². The van der Waals surface area contributed by atoms with E-state index >= 15 is 0 Å². The Morgan fingerprint density at radius 2 is 1.79 bits per heavy atom. The van der Waals surface area contributed by atoms with Crippen LogP contribution in [0.25, 0.3) is 11.4 Å². The van der Waals surface area contributed by atoms with E-state index in [9.17, 15) is 4.79 Å². The third kappa shape index (κ3) is 4.85. The standard InChI is InChI=1S/C32H39N5O/c1-21-18-27(25-4-3-5-25)28(31-34-29-12-14-36(2)15-13-30(29)35-31)19-26(21)32(38)37-16-10-24(11-17-37)23-8-6-22(20-33)7-9-23/h6,8,18-19,24-25H,3-5,7,9-17H2,1-2H3,(H,34,35). The number of hydrogen-bond acceptors (Lipinski definition) is 4. The molecule has 1 aromatic heterocycles. The Bertz CT molecular complexity index is 1300. The van der Waals surface area contributed by atoms with Gasteiger partial charge in [0.25, 0.3) is 5.91 Å². The zero-order valence-corrected chi connectivity index (χ0v) is 22.9. The highest BCUT2D eigenvalue weighted by Crippen LogP contribution is 2.42. The minimum Gasteiger partial charge on any atom is -0.342 e. The number of benzene rings is 1. The number of fused-ring (bicyclic) bond motifs is 1. The molecule has 6 nitrogen and oxygen atoms in total. The third-order valence-electron chi connectivity index (χ3n) is 9.40. The van der Waals surface area contributed by atoms with Gasteiger partial charge >= 0.3 is 0 Å². The van der Waals surface area contributed by atoms with E-state index in [1.165, 1.54) is 41.8 Å². The molecule has 1 N–H and O–H groups in total. The lowest BCUT2D eigenvalue weighted by Crippen LogP contribution is -2.39. The zero-order chi connectivity index (χ0) is 26.2. The number of nitrogens with one attached hydrogen (secondary N) is 1. The van der Waals surface area contributed by atoms with Crippen LogP contribution in [-0.4, -0.2) is 58.9 Å². The average molecular weight is 510 g/mol. The van der Waals surface area contributed by atoms with E-state index in [-0.39, 0.29) is 5.91 Å². The third-order valence-corrected chi connectivity index (χ3v) is 9.40. The molecule has 1 amide bonds. The van der Waals surface area contributed by atoms with Crippen molar-refractivity contribution < 1.29 is 4.79 Å². The monoisotopic (exact) mass is 509 g/mol. The number of nitriles is 1. The van der Waals surface area contributed by atoms with Crippen LogP contribution < -0.4 is 0 Å². The first-order valence-electron chi connectivity index (χ1n) is 14.5. The Kier molecular flexibility index (Phi) is 6.97. The van der Waals surface area contributed by atoms with Gasteiger partial charge in [-0.2, -0.15) is 5.26 Å². The normalized spacial score (nSPS) is 21.1. The van der Waals surface area contributed by atoms with Gasteiger partial charge in [0.2, 0.25) is 0 Å². The minimum absolute atomic E-state index is 0.154. The molecule has 0 bridgehead atoms. The van der Waals surface area contributed by atoms with Crippen molar-refractivity contribution in [1.29, 1.82) is 5.26 Å². The number of aryl methyl sites for hydroxylation is 1. The van der Waals surface area contributed by atoms with Gasteiger partial charge in [0, 0.05) is 61.4 Å². The number of aromatic nitrogens is 2. The number of carbonyl (C=O) groups is 1. The Morgan fingerprint density at radius 1 is 1.00 bits per heavy atom. The number of carbonyl (C=O) groups excluding carboxylic acids is 1. The lowest BCUT2D eigenvalue weighted by Gasteiger charge is -2.34. The van der Waals surface area contributed by atoms with Crippen LogP contribution in [0.5, 0.6) is 0 Å². The maximum atomic E-state index is 13.8. The summed E-state index contributed by atoms with van der Waals surface area (Å²) in [7, 11) is 2.18. The Hall–Kier alpha value is -3.17. The van der Waals surface area contributed by atoms with Gasteiger partial charge in [0.15, 0.2) is 0 Å². The van der Waals surface area contributed by atoms with Gasteiger partial charge in [-0.15, -0.1) is 0 Å². The molecule has 1 saturated carbocycles. The summed E-state index contributed by atoms with van der Waals surface area (Å²) in [4.78, 5) is 27.0. The SMILES string of the molecule is Cc1cc(C2CCC2)c(-c2nc3c([nH]2)CCN(C)CC3)cc1C(=O)N1CCC(C2=CC=C(C#N)CC2)CC1. The molecule has 38 heavy (non-hydrogen) atoms. The Balaban J connectivity index is 1.24. The average Bonchev–Trinajstić information content (AvgIpc) is 3.24. The number of amides is 1. The summed E-state index contributed by atoms with van der Waals surface area (Å²) in [5, 5.41) is 9.14. The molecule has 2 aliphatic heterocycles. The van der Waals surface area contributed by atoms with Crippen LogP contribution in [0.2, 0.25) is 0 Å². The number of nitrogens with zero attached hydrogens (tertiary/aromatic N) is 4. The van der Waals surface area contributed by atoms with Crippen LogP contribution in [0.1, 0.15) is 83.7 Å². The molecule has 1 aromatic carbocycles. The fourth-order valence-corrected chi connectivity index (χ4v) is 6.63. The largest absolute Gasteiger partial charge is 0.342 e. The van der Waals surface area contributed by atoms with Gasteiger partial charge in [-0.05, 0) is 87.6 Å². The minimum atomic E-state index is 0.154. The molecule has 198 valence electrons. The number of hydrogen-bond donors (Lipinski definition) is 1. The number of piperidine rings is 1. The van der Waals surface area contributed by atoms with E-state index in [0.717, 1.165) is 92.8 Å². The predicted octanol–water partition coefficient (Wildman–Crippen LogP) is 5.71. The van der Waals surface area contributed by atoms with E-state index in [1.54, 1.807) is 0 Å². The Morgan fingerprint density at radius 3 is 2.47 bits per heavy atom. The van der Waals surface area contributed by atoms with Crippen molar-refractivity contribution >= 4 is 5.91 Å². The molecule has 0 unspecified atom stereocenters. The van der Waals surface area contributed by atoms with Crippen LogP contribution >= 0.6 is 0 Å². The second kappa shape index (κ2) is 10.5. The number of allylic oxidation sites excluding steroid dienone is 4. The molecule has 4 aliphatic rings. The van der Waals surface area contributed by atoms with Gasteiger partial charge in [-0.3, -0.25) is 4.79 Å². The molecular formula is C32H39N5O. The van der Waals surface area contributed by atoms with Crippen LogP contribution in [-0.2, 0) is 12.8 Å². The molecule has 0 radical (unpaired) electrons. The summed E-state index contributed by atoms with van der Waals surface area (Å²) in [6.45, 7) is 5.76. The fourth-order valence-electron chi connectivity index (χ4n) is 6.63. The van der Waals surface area contributed by atoms with Crippen molar-refractivity contribution in [2.24, 2.45) is 5.92 Å². The quantitative estimate of drug-likeness (QED) is 0.573. The van der Waals surface area contributed by atoms with Crippen LogP contribution in [0.4, 0.5) is 0 Å². The molecule has 2 aromatic rings. The van der Waals surface area contributed by atoms with Crippen LogP contribution in [0.15, 0.2) is 35.4 Å². The van der Waals surface area contributed by atoms with E-state index in [0.29, 0.717) is 11.8 Å². The predicted molar refractivity (Wildman–Crippen MR) is 150 cm³/mol. The van der Waals surface area contributed by atoms with Gasteiger partial charge in [-0.1, -0.05) is 24.1 Å². The molecule has 1 saturated heterocycles. The van der Waals surface area contributed by atoms with Gasteiger partial charge in [-0.25, -0.2) is 4.98 Å². The zero-order valence-electron chi connectivity index (χ0n) is 22.9. The van der Waals surface area contributed by atoms with Crippen molar-refractivity contribution in [2.45, 2.75) is 70.6 Å².